The van der Waals surface area contributed by atoms with Gasteiger partial charge in [-0.2, -0.15) is 0 Å². The molecule has 0 aromatic heterocycles. The Morgan fingerprint density at radius 1 is 1.23 bits per heavy atom. The van der Waals surface area contributed by atoms with Crippen molar-refractivity contribution in [1.29, 1.82) is 0 Å². The molecule has 72 valence electrons. The SMILES string of the molecule is CCP(CC)Oc1ccccc1Cl. The fourth-order valence-corrected chi connectivity index (χ4v) is 2.38. The van der Waals surface area contributed by atoms with Gasteiger partial charge in [0.15, 0.2) is 0 Å². The van der Waals surface area contributed by atoms with E-state index in [2.05, 4.69) is 13.8 Å². The first-order valence-electron chi connectivity index (χ1n) is 4.45. The van der Waals surface area contributed by atoms with Crippen molar-refractivity contribution in [2.24, 2.45) is 0 Å². The standard InChI is InChI=1S/C10H14ClOP/c1-3-13(4-2)12-10-8-6-5-7-9(10)11/h5-8H,3-4H2,1-2H3. The Morgan fingerprint density at radius 2 is 1.85 bits per heavy atom. The zero-order valence-corrected chi connectivity index (χ0v) is 9.61. The molecule has 0 saturated heterocycles. The van der Waals surface area contributed by atoms with Gasteiger partial charge in [0, 0.05) is 12.3 Å². The Bertz CT molecular complexity index is 261. The molecule has 0 bridgehead atoms. The quantitative estimate of drug-likeness (QED) is 0.687. The number of hydrogen-bond donors (Lipinski definition) is 0. The number of rotatable bonds is 4. The minimum Gasteiger partial charge on any atom is -0.473 e. The van der Waals surface area contributed by atoms with Gasteiger partial charge in [0.05, 0.1) is 13.2 Å². The highest BCUT2D eigenvalue weighted by Crippen LogP contribution is 2.39. The van der Waals surface area contributed by atoms with Crippen molar-refractivity contribution in [2.45, 2.75) is 13.8 Å². The molecule has 0 N–H and O–H groups in total. The Kier molecular flexibility index (Phi) is 4.55. The van der Waals surface area contributed by atoms with E-state index in [4.69, 9.17) is 16.1 Å². The van der Waals surface area contributed by atoms with Crippen molar-refractivity contribution in [3.63, 3.8) is 0 Å². The maximum Gasteiger partial charge on any atom is 0.141 e. The molecule has 1 aromatic carbocycles. The zero-order valence-electron chi connectivity index (χ0n) is 7.96. The van der Waals surface area contributed by atoms with E-state index in [1.165, 1.54) is 0 Å². The Labute approximate surface area is 85.9 Å². The largest absolute Gasteiger partial charge is 0.473 e. The molecule has 3 heteroatoms. The van der Waals surface area contributed by atoms with E-state index in [-0.39, 0.29) is 8.15 Å². The van der Waals surface area contributed by atoms with E-state index in [0.717, 1.165) is 18.1 Å². The predicted molar refractivity (Wildman–Crippen MR) is 60.1 cm³/mol. The Balaban J connectivity index is 2.67. The monoisotopic (exact) mass is 216 g/mol. The Hall–Kier alpha value is -0.260. The van der Waals surface area contributed by atoms with Gasteiger partial charge in [-0.25, -0.2) is 0 Å². The molecule has 0 fully saturated rings. The molecule has 13 heavy (non-hydrogen) atoms. The summed E-state index contributed by atoms with van der Waals surface area (Å²) in [4.78, 5) is 0. The average Bonchev–Trinajstić information content (AvgIpc) is 2.17. The summed E-state index contributed by atoms with van der Waals surface area (Å²) in [6.45, 7) is 4.29. The molecule has 0 spiro atoms. The van der Waals surface area contributed by atoms with E-state index >= 15 is 0 Å². The van der Waals surface area contributed by atoms with Crippen molar-refractivity contribution >= 4 is 19.7 Å². The van der Waals surface area contributed by atoms with Gasteiger partial charge in [-0.05, 0) is 12.1 Å². The summed E-state index contributed by atoms with van der Waals surface area (Å²) in [6, 6.07) is 7.63. The lowest BCUT2D eigenvalue weighted by atomic mass is 10.3. The van der Waals surface area contributed by atoms with Gasteiger partial charge in [0.25, 0.3) is 0 Å². The van der Waals surface area contributed by atoms with Crippen LogP contribution in [0, 0.1) is 0 Å². The van der Waals surface area contributed by atoms with Crippen LogP contribution in [0.15, 0.2) is 24.3 Å². The zero-order chi connectivity index (χ0) is 9.68. The summed E-state index contributed by atoms with van der Waals surface area (Å²) < 4.78 is 5.78. The van der Waals surface area contributed by atoms with E-state index in [9.17, 15) is 0 Å². The van der Waals surface area contributed by atoms with Crippen LogP contribution in [0.3, 0.4) is 0 Å². The number of benzene rings is 1. The highest BCUT2D eigenvalue weighted by molar-refractivity contribution is 7.52. The first-order chi connectivity index (χ1) is 6.27. The molecule has 0 atom stereocenters. The van der Waals surface area contributed by atoms with Crippen LogP contribution in [0.4, 0.5) is 0 Å². The molecule has 0 aliphatic rings. The maximum absolute atomic E-state index is 5.97. The van der Waals surface area contributed by atoms with Gasteiger partial charge in [-0.15, -0.1) is 0 Å². The second-order valence-corrected chi connectivity index (χ2v) is 5.45. The molecule has 0 aliphatic heterocycles. The van der Waals surface area contributed by atoms with Crippen LogP contribution >= 0.6 is 19.7 Å². The van der Waals surface area contributed by atoms with E-state index < -0.39 is 0 Å². The highest BCUT2D eigenvalue weighted by Gasteiger charge is 2.07. The van der Waals surface area contributed by atoms with Crippen molar-refractivity contribution in [3.05, 3.63) is 29.3 Å². The van der Waals surface area contributed by atoms with Crippen molar-refractivity contribution in [3.8, 4) is 5.75 Å². The molecule has 0 heterocycles. The molecular formula is C10H14ClOP. The summed E-state index contributed by atoms with van der Waals surface area (Å²) in [7, 11) is -0.333. The van der Waals surface area contributed by atoms with Crippen LogP contribution < -0.4 is 4.52 Å². The third kappa shape index (κ3) is 3.17. The first-order valence-corrected chi connectivity index (χ1v) is 6.46. The van der Waals surface area contributed by atoms with Crippen LogP contribution in [0.2, 0.25) is 5.02 Å². The van der Waals surface area contributed by atoms with Gasteiger partial charge in [-0.3, -0.25) is 0 Å². The van der Waals surface area contributed by atoms with Gasteiger partial charge in [0.1, 0.15) is 5.75 Å². The molecule has 0 saturated carbocycles. The molecular weight excluding hydrogens is 203 g/mol. The molecule has 0 amide bonds. The van der Waals surface area contributed by atoms with Gasteiger partial charge < -0.3 is 4.52 Å². The van der Waals surface area contributed by atoms with Crippen molar-refractivity contribution in [1.82, 2.24) is 0 Å². The van der Waals surface area contributed by atoms with E-state index in [1.807, 2.05) is 24.3 Å². The van der Waals surface area contributed by atoms with Crippen LogP contribution in [0.25, 0.3) is 0 Å². The summed E-state index contributed by atoms with van der Waals surface area (Å²) in [6.07, 6.45) is 2.16. The fraction of sp³-hybridized carbons (Fsp3) is 0.400. The minimum absolute atomic E-state index is 0.333. The lowest BCUT2D eigenvalue weighted by Gasteiger charge is -2.15. The first kappa shape index (κ1) is 10.8. The lowest BCUT2D eigenvalue weighted by molar-refractivity contribution is 0.614. The molecule has 1 aromatic rings. The minimum atomic E-state index is -0.333. The maximum atomic E-state index is 5.97. The lowest BCUT2D eigenvalue weighted by Crippen LogP contribution is -1.92. The predicted octanol–water partition coefficient (Wildman–Crippen LogP) is 4.16. The summed E-state index contributed by atoms with van der Waals surface area (Å²) in [5.41, 5.74) is 0. The van der Waals surface area contributed by atoms with Gasteiger partial charge in [0.2, 0.25) is 0 Å². The topological polar surface area (TPSA) is 9.23 Å². The van der Waals surface area contributed by atoms with Crippen molar-refractivity contribution < 1.29 is 4.52 Å². The second-order valence-electron chi connectivity index (χ2n) is 2.64. The normalized spacial score (nSPS) is 10.5. The van der Waals surface area contributed by atoms with Gasteiger partial charge in [-0.1, -0.05) is 37.6 Å². The highest BCUT2D eigenvalue weighted by atomic mass is 35.5. The second kappa shape index (κ2) is 5.47. The average molecular weight is 217 g/mol. The third-order valence-electron chi connectivity index (χ3n) is 1.77. The summed E-state index contributed by atoms with van der Waals surface area (Å²) >= 11 is 5.97. The summed E-state index contributed by atoms with van der Waals surface area (Å²) in [5.74, 6) is 0.818. The van der Waals surface area contributed by atoms with Crippen LogP contribution in [0.5, 0.6) is 5.75 Å². The number of hydrogen-bond acceptors (Lipinski definition) is 1. The van der Waals surface area contributed by atoms with E-state index in [0.29, 0.717) is 5.02 Å². The fourth-order valence-electron chi connectivity index (χ4n) is 1.01. The molecule has 1 nitrogen and oxygen atoms in total. The van der Waals surface area contributed by atoms with Crippen molar-refractivity contribution in [2.75, 3.05) is 12.3 Å². The summed E-state index contributed by atoms with van der Waals surface area (Å²) in [5, 5.41) is 0.705. The molecule has 0 aliphatic carbocycles. The number of para-hydroxylation sites is 1. The van der Waals surface area contributed by atoms with Crippen LogP contribution in [0.1, 0.15) is 13.8 Å². The molecule has 1 rings (SSSR count). The smallest absolute Gasteiger partial charge is 0.141 e. The van der Waals surface area contributed by atoms with Crippen LogP contribution in [-0.4, -0.2) is 12.3 Å². The van der Waals surface area contributed by atoms with Crippen LogP contribution in [-0.2, 0) is 0 Å². The van der Waals surface area contributed by atoms with Gasteiger partial charge >= 0.3 is 0 Å². The molecule has 0 unspecified atom stereocenters. The Morgan fingerprint density at radius 3 is 2.38 bits per heavy atom. The number of halogens is 1. The third-order valence-corrected chi connectivity index (χ3v) is 3.95. The van der Waals surface area contributed by atoms with E-state index in [1.54, 1.807) is 0 Å². The molecule has 0 radical (unpaired) electrons.